The van der Waals surface area contributed by atoms with Crippen molar-refractivity contribution in [2.24, 2.45) is 4.99 Å². The summed E-state index contributed by atoms with van der Waals surface area (Å²) in [6.45, 7) is 8.50. The van der Waals surface area contributed by atoms with E-state index in [0.717, 1.165) is 12.3 Å². The molecular weight excluding hydrogens is 124 g/mol. The number of nitrogens with one attached hydrogen (secondary N) is 1. The van der Waals surface area contributed by atoms with Gasteiger partial charge in [0.25, 0.3) is 0 Å². The van der Waals surface area contributed by atoms with Crippen LogP contribution in [-0.4, -0.2) is 18.4 Å². The van der Waals surface area contributed by atoms with Crippen LogP contribution >= 0.6 is 0 Å². The smallest absolute Gasteiger partial charge is 0.0960 e. The molecule has 0 aliphatic heterocycles. The highest BCUT2D eigenvalue weighted by Gasteiger charge is 2.09. The molecule has 2 nitrogen and oxygen atoms in total. The summed E-state index contributed by atoms with van der Waals surface area (Å²) >= 11 is 0. The van der Waals surface area contributed by atoms with Gasteiger partial charge in [0.05, 0.1) is 5.84 Å². The quantitative estimate of drug-likeness (QED) is 0.438. The van der Waals surface area contributed by atoms with E-state index in [1.807, 2.05) is 7.05 Å². The van der Waals surface area contributed by atoms with Crippen LogP contribution in [0.2, 0.25) is 0 Å². The van der Waals surface area contributed by atoms with Crippen molar-refractivity contribution in [3.8, 4) is 0 Å². The van der Waals surface area contributed by atoms with Crippen molar-refractivity contribution in [3.05, 3.63) is 0 Å². The molecule has 0 amide bonds. The van der Waals surface area contributed by atoms with Crippen LogP contribution in [0.1, 0.15) is 34.1 Å². The number of nitrogens with zero attached hydrogens (tertiary/aromatic N) is 1. The molecule has 0 aliphatic rings. The van der Waals surface area contributed by atoms with Gasteiger partial charge in [0.2, 0.25) is 0 Å². The first kappa shape index (κ1) is 9.47. The number of hydrogen-bond acceptors (Lipinski definition) is 1. The number of amidine groups is 1. The van der Waals surface area contributed by atoms with Crippen LogP contribution in [0, 0.1) is 0 Å². The lowest BCUT2D eigenvalue weighted by atomic mass is 10.1. The predicted octanol–water partition coefficient (Wildman–Crippen LogP) is 1.81. The predicted molar refractivity (Wildman–Crippen MR) is 46.5 cm³/mol. The Kier molecular flexibility index (Phi) is 3.40. The van der Waals surface area contributed by atoms with Gasteiger partial charge in [-0.05, 0) is 20.8 Å². The Hall–Kier alpha value is -0.530. The normalized spacial score (nSPS) is 13.5. The van der Waals surface area contributed by atoms with Gasteiger partial charge in [-0.25, -0.2) is 0 Å². The Morgan fingerprint density at radius 3 is 2.00 bits per heavy atom. The molecule has 0 heterocycles. The van der Waals surface area contributed by atoms with Crippen LogP contribution < -0.4 is 5.32 Å². The summed E-state index contributed by atoms with van der Waals surface area (Å²) in [4.78, 5) is 4.10. The lowest BCUT2D eigenvalue weighted by Crippen LogP contribution is -2.40. The highest BCUT2D eigenvalue weighted by atomic mass is 15.0. The average molecular weight is 142 g/mol. The average Bonchev–Trinajstić information content (AvgIpc) is 1.81. The first-order chi connectivity index (χ1) is 4.49. The van der Waals surface area contributed by atoms with Crippen LogP contribution in [0.4, 0.5) is 0 Å². The Bertz CT molecular complexity index is 120. The summed E-state index contributed by atoms with van der Waals surface area (Å²) < 4.78 is 0. The maximum Gasteiger partial charge on any atom is 0.0960 e. The van der Waals surface area contributed by atoms with Gasteiger partial charge in [0.1, 0.15) is 0 Å². The van der Waals surface area contributed by atoms with Crippen LogP contribution in [0.25, 0.3) is 0 Å². The lowest BCUT2D eigenvalue weighted by Gasteiger charge is -2.22. The van der Waals surface area contributed by atoms with Crippen LogP contribution in [0.5, 0.6) is 0 Å². The zero-order chi connectivity index (χ0) is 8.20. The topological polar surface area (TPSA) is 24.4 Å². The molecule has 0 rings (SSSR count). The van der Waals surface area contributed by atoms with E-state index in [2.05, 4.69) is 38.0 Å². The van der Waals surface area contributed by atoms with Crippen molar-refractivity contribution in [1.82, 2.24) is 5.32 Å². The summed E-state index contributed by atoms with van der Waals surface area (Å²) in [5.41, 5.74) is 0.144. The standard InChI is InChI=1S/C8H18N2/c1-6-7(9-5)10-8(2,3)4/h6H2,1-5H3,(H,9,10). The molecule has 0 saturated heterocycles. The highest BCUT2D eigenvalue weighted by molar-refractivity contribution is 5.82. The summed E-state index contributed by atoms with van der Waals surface area (Å²) in [5.74, 6) is 1.08. The molecule has 0 bridgehead atoms. The van der Waals surface area contributed by atoms with Gasteiger partial charge in [-0.3, -0.25) is 4.99 Å². The van der Waals surface area contributed by atoms with E-state index in [1.165, 1.54) is 0 Å². The molecule has 1 N–H and O–H groups in total. The van der Waals surface area contributed by atoms with Gasteiger partial charge in [0, 0.05) is 19.0 Å². The molecular formula is C8H18N2. The molecule has 0 saturated carbocycles. The van der Waals surface area contributed by atoms with E-state index in [0.29, 0.717) is 0 Å². The minimum absolute atomic E-state index is 0.144. The van der Waals surface area contributed by atoms with Crippen molar-refractivity contribution in [3.63, 3.8) is 0 Å². The van der Waals surface area contributed by atoms with Gasteiger partial charge < -0.3 is 5.32 Å². The Morgan fingerprint density at radius 1 is 1.40 bits per heavy atom. The van der Waals surface area contributed by atoms with Crippen molar-refractivity contribution in [1.29, 1.82) is 0 Å². The molecule has 0 aromatic rings. The summed E-state index contributed by atoms with van der Waals surface area (Å²) in [7, 11) is 1.82. The molecule has 0 aromatic carbocycles. The first-order valence-corrected chi connectivity index (χ1v) is 3.73. The Labute approximate surface area is 63.7 Å². The maximum absolute atomic E-state index is 4.10. The second kappa shape index (κ2) is 3.59. The van der Waals surface area contributed by atoms with E-state index in [-0.39, 0.29) is 5.54 Å². The third-order valence-electron chi connectivity index (χ3n) is 1.12. The van der Waals surface area contributed by atoms with E-state index < -0.39 is 0 Å². The number of aliphatic imine (C=N–C) groups is 1. The zero-order valence-corrected chi connectivity index (χ0v) is 7.65. The zero-order valence-electron chi connectivity index (χ0n) is 7.65. The molecule has 0 aliphatic carbocycles. The van der Waals surface area contributed by atoms with Crippen LogP contribution in [0.15, 0.2) is 4.99 Å². The van der Waals surface area contributed by atoms with Crippen molar-refractivity contribution in [2.75, 3.05) is 7.05 Å². The minimum atomic E-state index is 0.144. The third-order valence-corrected chi connectivity index (χ3v) is 1.12. The van der Waals surface area contributed by atoms with Crippen molar-refractivity contribution < 1.29 is 0 Å². The monoisotopic (exact) mass is 142 g/mol. The number of hydrogen-bond donors (Lipinski definition) is 1. The van der Waals surface area contributed by atoms with Gasteiger partial charge in [-0.1, -0.05) is 6.92 Å². The Balaban J connectivity index is 3.88. The molecule has 0 unspecified atom stereocenters. The third kappa shape index (κ3) is 4.36. The fourth-order valence-electron chi connectivity index (χ4n) is 0.735. The highest BCUT2D eigenvalue weighted by Crippen LogP contribution is 1.99. The molecule has 60 valence electrons. The van der Waals surface area contributed by atoms with E-state index in [4.69, 9.17) is 0 Å². The van der Waals surface area contributed by atoms with E-state index >= 15 is 0 Å². The minimum Gasteiger partial charge on any atom is -0.369 e. The molecule has 2 heteroatoms. The molecule has 0 spiro atoms. The summed E-state index contributed by atoms with van der Waals surface area (Å²) in [5, 5.41) is 3.31. The molecule has 0 aromatic heterocycles. The van der Waals surface area contributed by atoms with Gasteiger partial charge in [-0.2, -0.15) is 0 Å². The second-order valence-corrected chi connectivity index (χ2v) is 3.40. The van der Waals surface area contributed by atoms with Crippen LogP contribution in [-0.2, 0) is 0 Å². The first-order valence-electron chi connectivity index (χ1n) is 3.73. The second-order valence-electron chi connectivity index (χ2n) is 3.40. The molecule has 0 radical (unpaired) electrons. The van der Waals surface area contributed by atoms with Gasteiger partial charge in [-0.15, -0.1) is 0 Å². The summed E-state index contributed by atoms with van der Waals surface area (Å²) in [6, 6.07) is 0. The maximum atomic E-state index is 4.10. The largest absolute Gasteiger partial charge is 0.369 e. The van der Waals surface area contributed by atoms with Crippen LogP contribution in [0.3, 0.4) is 0 Å². The van der Waals surface area contributed by atoms with Crippen molar-refractivity contribution in [2.45, 2.75) is 39.7 Å². The molecule has 0 fully saturated rings. The molecule has 10 heavy (non-hydrogen) atoms. The number of rotatable bonds is 1. The molecule has 0 atom stereocenters. The lowest BCUT2D eigenvalue weighted by molar-refractivity contribution is 0.507. The fourth-order valence-corrected chi connectivity index (χ4v) is 0.735. The van der Waals surface area contributed by atoms with E-state index in [9.17, 15) is 0 Å². The van der Waals surface area contributed by atoms with Crippen molar-refractivity contribution >= 4 is 5.84 Å². The van der Waals surface area contributed by atoms with E-state index in [1.54, 1.807) is 0 Å². The van der Waals surface area contributed by atoms with Gasteiger partial charge >= 0.3 is 0 Å². The summed E-state index contributed by atoms with van der Waals surface area (Å²) in [6.07, 6.45) is 0.980. The SMILES string of the molecule is CCC(=NC)NC(C)(C)C. The Morgan fingerprint density at radius 2 is 1.90 bits per heavy atom. The van der Waals surface area contributed by atoms with Gasteiger partial charge in [0.15, 0.2) is 0 Å². The fraction of sp³-hybridized carbons (Fsp3) is 0.875.